The van der Waals surface area contributed by atoms with Crippen molar-refractivity contribution in [1.29, 1.82) is 0 Å². The van der Waals surface area contributed by atoms with E-state index < -0.39 is 40.4 Å². The second-order valence-electron chi connectivity index (χ2n) is 6.51. The normalized spacial score (nSPS) is 17.0. The number of carbonyl (C=O) groups excluding carboxylic acids is 2. The molecule has 11 heteroatoms. The SMILES string of the molecule is O=C(COC(=O)[C@@H]1CCCN1S(=O)(=O)c1ccc(Cl)cc1)Nc1ccc(F)cc1Cl. The van der Waals surface area contributed by atoms with Crippen LogP contribution >= 0.6 is 23.2 Å². The molecule has 1 saturated heterocycles. The fourth-order valence-corrected chi connectivity index (χ4v) is 5.00. The first-order valence-electron chi connectivity index (χ1n) is 8.87. The van der Waals surface area contributed by atoms with Gasteiger partial charge in [-0.1, -0.05) is 23.2 Å². The van der Waals surface area contributed by atoms with E-state index in [-0.39, 0.29) is 28.6 Å². The van der Waals surface area contributed by atoms with Crippen LogP contribution in [-0.4, -0.2) is 43.8 Å². The molecule has 2 aromatic rings. The summed E-state index contributed by atoms with van der Waals surface area (Å²) >= 11 is 11.6. The largest absolute Gasteiger partial charge is 0.454 e. The van der Waals surface area contributed by atoms with Crippen LogP contribution in [-0.2, 0) is 24.3 Å². The molecule has 1 aliphatic heterocycles. The maximum atomic E-state index is 13.1. The molecule has 7 nitrogen and oxygen atoms in total. The summed E-state index contributed by atoms with van der Waals surface area (Å²) in [4.78, 5) is 24.5. The third-order valence-corrected chi connectivity index (χ3v) is 6.93. The summed E-state index contributed by atoms with van der Waals surface area (Å²) in [6.07, 6.45) is 0.751. The second kappa shape index (κ2) is 9.30. The van der Waals surface area contributed by atoms with Crippen molar-refractivity contribution in [3.63, 3.8) is 0 Å². The molecule has 1 N–H and O–H groups in total. The van der Waals surface area contributed by atoms with Crippen molar-refractivity contribution in [2.75, 3.05) is 18.5 Å². The first kappa shape index (κ1) is 22.5. The molecule has 1 heterocycles. The van der Waals surface area contributed by atoms with Gasteiger partial charge in [0.1, 0.15) is 11.9 Å². The monoisotopic (exact) mass is 474 g/mol. The van der Waals surface area contributed by atoms with Gasteiger partial charge < -0.3 is 10.1 Å². The van der Waals surface area contributed by atoms with E-state index in [1.54, 1.807) is 0 Å². The molecule has 0 spiro atoms. The summed E-state index contributed by atoms with van der Waals surface area (Å²) in [6, 6.07) is 8.00. The number of hydrogen-bond acceptors (Lipinski definition) is 5. The molecule has 3 rings (SSSR count). The van der Waals surface area contributed by atoms with Crippen LogP contribution in [0.25, 0.3) is 0 Å². The van der Waals surface area contributed by atoms with Crippen molar-refractivity contribution in [3.05, 3.63) is 58.3 Å². The van der Waals surface area contributed by atoms with Crippen LogP contribution in [0.15, 0.2) is 47.4 Å². The number of rotatable bonds is 6. The van der Waals surface area contributed by atoms with Gasteiger partial charge in [-0.05, 0) is 55.3 Å². The van der Waals surface area contributed by atoms with Crippen LogP contribution < -0.4 is 5.32 Å². The standard InChI is InChI=1S/C19H17Cl2FN2O5S/c20-12-3-6-14(7-4-12)30(27,28)24-9-1-2-17(24)19(26)29-11-18(25)23-16-8-5-13(22)10-15(16)21/h3-8,10,17H,1-2,9,11H2,(H,23,25)/t17-/m0/s1. The van der Waals surface area contributed by atoms with Crippen molar-refractivity contribution in [2.45, 2.75) is 23.8 Å². The Labute approximate surface area is 182 Å². The molecular weight excluding hydrogens is 458 g/mol. The van der Waals surface area contributed by atoms with Gasteiger partial charge in [-0.2, -0.15) is 4.31 Å². The van der Waals surface area contributed by atoms with Crippen molar-refractivity contribution in [3.8, 4) is 0 Å². The highest BCUT2D eigenvalue weighted by molar-refractivity contribution is 7.89. The Bertz CT molecular complexity index is 1060. The van der Waals surface area contributed by atoms with Crippen LogP contribution in [0.1, 0.15) is 12.8 Å². The fourth-order valence-electron chi connectivity index (χ4n) is 3.02. The van der Waals surface area contributed by atoms with Crippen LogP contribution in [0.5, 0.6) is 0 Å². The lowest BCUT2D eigenvalue weighted by Gasteiger charge is -2.22. The highest BCUT2D eigenvalue weighted by atomic mass is 35.5. The highest BCUT2D eigenvalue weighted by Crippen LogP contribution is 2.28. The highest BCUT2D eigenvalue weighted by Gasteiger charge is 2.40. The number of nitrogens with zero attached hydrogens (tertiary/aromatic N) is 1. The van der Waals surface area contributed by atoms with E-state index in [0.717, 1.165) is 16.4 Å². The summed E-state index contributed by atoms with van der Waals surface area (Å²) in [6.45, 7) is -0.486. The zero-order chi connectivity index (χ0) is 21.9. The quantitative estimate of drug-likeness (QED) is 0.646. The third kappa shape index (κ3) is 5.10. The van der Waals surface area contributed by atoms with Gasteiger partial charge in [-0.15, -0.1) is 0 Å². The predicted octanol–water partition coefficient (Wildman–Crippen LogP) is 3.47. The Morgan fingerprint density at radius 1 is 1.17 bits per heavy atom. The van der Waals surface area contributed by atoms with Crippen LogP contribution in [0.2, 0.25) is 10.0 Å². The van der Waals surface area contributed by atoms with E-state index in [4.69, 9.17) is 27.9 Å². The van der Waals surface area contributed by atoms with Crippen molar-refractivity contribution < 1.29 is 27.1 Å². The first-order chi connectivity index (χ1) is 14.2. The Kier molecular flexibility index (Phi) is 6.97. The minimum Gasteiger partial charge on any atom is -0.454 e. The molecule has 0 bridgehead atoms. The first-order valence-corrected chi connectivity index (χ1v) is 11.1. The van der Waals surface area contributed by atoms with Gasteiger partial charge in [0.25, 0.3) is 5.91 Å². The number of benzene rings is 2. The Morgan fingerprint density at radius 2 is 1.87 bits per heavy atom. The average Bonchev–Trinajstić information content (AvgIpc) is 3.19. The van der Waals surface area contributed by atoms with Crippen LogP contribution in [0, 0.1) is 5.82 Å². The maximum Gasteiger partial charge on any atom is 0.324 e. The Balaban J connectivity index is 1.63. The number of halogens is 3. The van der Waals surface area contributed by atoms with Crippen LogP contribution in [0.4, 0.5) is 10.1 Å². The van der Waals surface area contributed by atoms with E-state index in [1.807, 2.05) is 0 Å². The number of carbonyl (C=O) groups is 2. The topological polar surface area (TPSA) is 92.8 Å². The lowest BCUT2D eigenvalue weighted by atomic mass is 10.2. The van der Waals surface area contributed by atoms with E-state index in [1.165, 1.54) is 30.3 Å². The molecule has 0 radical (unpaired) electrons. The van der Waals surface area contributed by atoms with Gasteiger partial charge in [-0.3, -0.25) is 9.59 Å². The van der Waals surface area contributed by atoms with Crippen molar-refractivity contribution >= 4 is 50.8 Å². The molecule has 2 aromatic carbocycles. The zero-order valence-corrected chi connectivity index (χ0v) is 17.8. The molecule has 1 atom stereocenters. The molecule has 30 heavy (non-hydrogen) atoms. The number of anilines is 1. The van der Waals surface area contributed by atoms with Gasteiger partial charge >= 0.3 is 5.97 Å². The molecule has 0 saturated carbocycles. The average molecular weight is 475 g/mol. The number of sulfonamides is 1. The molecule has 160 valence electrons. The molecular formula is C19H17Cl2FN2O5S. The van der Waals surface area contributed by atoms with Gasteiger partial charge in [0.15, 0.2) is 6.61 Å². The van der Waals surface area contributed by atoms with Crippen molar-refractivity contribution in [1.82, 2.24) is 4.31 Å². The lowest BCUT2D eigenvalue weighted by molar-refractivity contribution is -0.150. The Hall–Kier alpha value is -2.20. The summed E-state index contributed by atoms with van der Waals surface area (Å²) in [5.41, 5.74) is 0.159. The van der Waals surface area contributed by atoms with E-state index >= 15 is 0 Å². The van der Waals surface area contributed by atoms with E-state index in [2.05, 4.69) is 5.32 Å². The molecule has 0 aromatic heterocycles. The third-order valence-electron chi connectivity index (χ3n) is 4.45. The lowest BCUT2D eigenvalue weighted by Crippen LogP contribution is -2.42. The molecule has 0 aliphatic carbocycles. The van der Waals surface area contributed by atoms with E-state index in [0.29, 0.717) is 11.4 Å². The number of nitrogens with one attached hydrogen (secondary N) is 1. The van der Waals surface area contributed by atoms with Gasteiger partial charge in [-0.25, -0.2) is 12.8 Å². The summed E-state index contributed by atoms with van der Waals surface area (Å²) in [5.74, 6) is -2.08. The van der Waals surface area contributed by atoms with E-state index in [9.17, 15) is 22.4 Å². The Morgan fingerprint density at radius 3 is 2.53 bits per heavy atom. The molecule has 1 fully saturated rings. The van der Waals surface area contributed by atoms with Gasteiger partial charge in [0.2, 0.25) is 10.0 Å². The number of amides is 1. The summed E-state index contributed by atoms with van der Waals surface area (Å²) in [7, 11) is -3.93. The fraction of sp³-hybridized carbons (Fsp3) is 0.263. The number of hydrogen-bond donors (Lipinski definition) is 1. The number of esters is 1. The molecule has 1 amide bonds. The van der Waals surface area contributed by atoms with Crippen LogP contribution in [0.3, 0.4) is 0 Å². The van der Waals surface area contributed by atoms with Crippen molar-refractivity contribution in [2.24, 2.45) is 0 Å². The molecule has 1 aliphatic rings. The van der Waals surface area contributed by atoms with Gasteiger partial charge in [0.05, 0.1) is 15.6 Å². The second-order valence-corrected chi connectivity index (χ2v) is 9.24. The minimum atomic E-state index is -3.93. The molecule has 0 unspecified atom stereocenters. The maximum absolute atomic E-state index is 13.1. The smallest absolute Gasteiger partial charge is 0.324 e. The zero-order valence-electron chi connectivity index (χ0n) is 15.5. The van der Waals surface area contributed by atoms with Gasteiger partial charge in [0, 0.05) is 11.6 Å². The summed E-state index contributed by atoms with van der Waals surface area (Å²) < 4.78 is 44.8. The number of ether oxygens (including phenoxy) is 1. The minimum absolute atomic E-state index is 0.00861. The predicted molar refractivity (Wildman–Crippen MR) is 109 cm³/mol. The summed E-state index contributed by atoms with van der Waals surface area (Å²) in [5, 5.41) is 2.78.